The van der Waals surface area contributed by atoms with Gasteiger partial charge in [-0.3, -0.25) is 0 Å². The van der Waals surface area contributed by atoms with E-state index in [1.807, 2.05) is 0 Å². The van der Waals surface area contributed by atoms with Gasteiger partial charge >= 0.3 is 0 Å². The number of hydrogen-bond acceptors (Lipinski definition) is 3. The molecular weight excluding hydrogens is 258 g/mol. The summed E-state index contributed by atoms with van der Waals surface area (Å²) in [5, 5.41) is 0.572. The summed E-state index contributed by atoms with van der Waals surface area (Å²) >= 11 is 5.92. The average molecular weight is 274 g/mol. The number of aryl methyl sites for hydroxylation is 2. The van der Waals surface area contributed by atoms with Gasteiger partial charge in [0.2, 0.25) is 0 Å². The van der Waals surface area contributed by atoms with Crippen molar-refractivity contribution in [2.75, 3.05) is 17.2 Å². The van der Waals surface area contributed by atoms with E-state index in [-0.39, 0.29) is 0 Å². The minimum absolute atomic E-state index is 0.572. The SMILES string of the molecule is Cc1ccc2c(c1)CCCN2c1ncc(Cl)cc1N. The average Bonchev–Trinajstić information content (AvgIpc) is 2.38. The molecule has 2 N–H and O–H groups in total. The number of fused-ring (bicyclic) bond motifs is 1. The Morgan fingerprint density at radius 1 is 1.32 bits per heavy atom. The molecule has 1 aromatic carbocycles. The first-order valence-electron chi connectivity index (χ1n) is 6.43. The van der Waals surface area contributed by atoms with Gasteiger partial charge in [-0.25, -0.2) is 4.98 Å². The predicted molar refractivity (Wildman–Crippen MR) is 80.2 cm³/mol. The highest BCUT2D eigenvalue weighted by atomic mass is 35.5. The van der Waals surface area contributed by atoms with E-state index in [0.29, 0.717) is 10.7 Å². The van der Waals surface area contributed by atoms with E-state index in [1.54, 1.807) is 12.3 Å². The summed E-state index contributed by atoms with van der Waals surface area (Å²) in [6.45, 7) is 3.06. The second-order valence-electron chi connectivity index (χ2n) is 4.95. The van der Waals surface area contributed by atoms with Crippen LogP contribution in [0.3, 0.4) is 0 Å². The number of hydrogen-bond donors (Lipinski definition) is 1. The van der Waals surface area contributed by atoms with Crippen LogP contribution in [0.15, 0.2) is 30.5 Å². The molecule has 0 bridgehead atoms. The molecule has 0 unspecified atom stereocenters. The first-order valence-corrected chi connectivity index (χ1v) is 6.81. The molecule has 1 aromatic heterocycles. The van der Waals surface area contributed by atoms with Crippen LogP contribution >= 0.6 is 11.6 Å². The Morgan fingerprint density at radius 2 is 2.16 bits per heavy atom. The molecule has 0 spiro atoms. The molecule has 3 nitrogen and oxygen atoms in total. The summed E-state index contributed by atoms with van der Waals surface area (Å²) in [7, 11) is 0. The number of nitrogen functional groups attached to an aromatic ring is 1. The lowest BCUT2D eigenvalue weighted by molar-refractivity contribution is 0.759. The Hall–Kier alpha value is -1.74. The molecular formula is C15H16ClN3. The molecule has 0 radical (unpaired) electrons. The molecule has 98 valence electrons. The number of pyridine rings is 1. The molecule has 1 aliphatic heterocycles. The lowest BCUT2D eigenvalue weighted by atomic mass is 9.99. The van der Waals surface area contributed by atoms with Crippen LogP contribution in [0.5, 0.6) is 0 Å². The monoisotopic (exact) mass is 273 g/mol. The van der Waals surface area contributed by atoms with Crippen LogP contribution in [-0.2, 0) is 6.42 Å². The van der Waals surface area contributed by atoms with Crippen LogP contribution in [0.1, 0.15) is 17.5 Å². The Bertz CT molecular complexity index is 625. The summed E-state index contributed by atoms with van der Waals surface area (Å²) in [5.74, 6) is 0.800. The van der Waals surface area contributed by atoms with Gasteiger partial charge in [0.1, 0.15) is 0 Å². The highest BCUT2D eigenvalue weighted by molar-refractivity contribution is 6.30. The van der Waals surface area contributed by atoms with Gasteiger partial charge in [-0.1, -0.05) is 29.3 Å². The van der Waals surface area contributed by atoms with Crippen LogP contribution in [0.25, 0.3) is 0 Å². The fourth-order valence-electron chi connectivity index (χ4n) is 2.62. The molecule has 1 aliphatic rings. The normalized spacial score (nSPS) is 14.3. The van der Waals surface area contributed by atoms with Crippen molar-refractivity contribution in [3.8, 4) is 0 Å². The van der Waals surface area contributed by atoms with Crippen molar-refractivity contribution in [3.05, 3.63) is 46.6 Å². The minimum Gasteiger partial charge on any atom is -0.396 e. The molecule has 4 heteroatoms. The van der Waals surface area contributed by atoms with E-state index in [2.05, 4.69) is 35.0 Å². The Labute approximate surface area is 118 Å². The maximum Gasteiger partial charge on any atom is 0.156 e. The first-order chi connectivity index (χ1) is 9.15. The smallest absolute Gasteiger partial charge is 0.156 e. The Balaban J connectivity index is 2.08. The predicted octanol–water partition coefficient (Wildman–Crippen LogP) is 3.71. The van der Waals surface area contributed by atoms with E-state index >= 15 is 0 Å². The molecule has 19 heavy (non-hydrogen) atoms. The number of nitrogens with zero attached hydrogens (tertiary/aromatic N) is 2. The topological polar surface area (TPSA) is 42.2 Å². The van der Waals surface area contributed by atoms with Crippen molar-refractivity contribution in [3.63, 3.8) is 0 Å². The molecule has 0 aliphatic carbocycles. The second-order valence-corrected chi connectivity index (χ2v) is 5.39. The van der Waals surface area contributed by atoms with Crippen LogP contribution in [0, 0.1) is 6.92 Å². The number of nitrogens with two attached hydrogens (primary N) is 1. The minimum atomic E-state index is 0.572. The molecule has 0 saturated carbocycles. The van der Waals surface area contributed by atoms with Crippen LogP contribution in [0.2, 0.25) is 5.02 Å². The van der Waals surface area contributed by atoms with Gasteiger partial charge in [0.05, 0.1) is 10.7 Å². The fraction of sp³-hybridized carbons (Fsp3) is 0.267. The maximum atomic E-state index is 6.05. The van der Waals surface area contributed by atoms with Crippen LogP contribution in [0.4, 0.5) is 17.2 Å². The third-order valence-corrected chi connectivity index (χ3v) is 3.68. The largest absolute Gasteiger partial charge is 0.396 e. The zero-order valence-electron chi connectivity index (χ0n) is 10.9. The van der Waals surface area contributed by atoms with Crippen molar-refractivity contribution in [1.29, 1.82) is 0 Å². The third kappa shape index (κ3) is 2.26. The molecule has 0 saturated heterocycles. The van der Waals surface area contributed by atoms with Crippen molar-refractivity contribution in [2.45, 2.75) is 19.8 Å². The van der Waals surface area contributed by atoms with Crippen molar-refractivity contribution in [2.24, 2.45) is 0 Å². The van der Waals surface area contributed by atoms with Gasteiger partial charge < -0.3 is 10.6 Å². The van der Waals surface area contributed by atoms with E-state index in [9.17, 15) is 0 Å². The quantitative estimate of drug-likeness (QED) is 0.861. The van der Waals surface area contributed by atoms with Crippen molar-refractivity contribution in [1.82, 2.24) is 4.98 Å². The summed E-state index contributed by atoms with van der Waals surface area (Å²) < 4.78 is 0. The number of benzene rings is 1. The third-order valence-electron chi connectivity index (χ3n) is 3.47. The van der Waals surface area contributed by atoms with Gasteiger partial charge in [-0.05, 0) is 37.5 Å². The number of halogens is 1. The lowest BCUT2D eigenvalue weighted by Gasteiger charge is -2.31. The van der Waals surface area contributed by atoms with Crippen LogP contribution < -0.4 is 10.6 Å². The van der Waals surface area contributed by atoms with E-state index < -0.39 is 0 Å². The summed E-state index contributed by atoms with van der Waals surface area (Å²) in [5.41, 5.74) is 10.5. The van der Waals surface area contributed by atoms with Gasteiger partial charge in [0.25, 0.3) is 0 Å². The van der Waals surface area contributed by atoms with E-state index in [0.717, 1.165) is 25.2 Å². The van der Waals surface area contributed by atoms with Gasteiger partial charge in [-0.15, -0.1) is 0 Å². The van der Waals surface area contributed by atoms with Gasteiger partial charge in [-0.2, -0.15) is 0 Å². The summed E-state index contributed by atoms with van der Waals surface area (Å²) in [4.78, 5) is 6.58. The first kappa shape index (κ1) is 12.3. The fourth-order valence-corrected chi connectivity index (χ4v) is 2.79. The van der Waals surface area contributed by atoms with Gasteiger partial charge in [0.15, 0.2) is 5.82 Å². The van der Waals surface area contributed by atoms with Crippen molar-refractivity contribution >= 4 is 28.8 Å². The lowest BCUT2D eigenvalue weighted by Crippen LogP contribution is -2.26. The molecule has 2 aromatic rings. The zero-order valence-corrected chi connectivity index (χ0v) is 11.6. The Morgan fingerprint density at radius 3 is 2.95 bits per heavy atom. The molecule has 2 heterocycles. The standard InChI is InChI=1S/C15H16ClN3/c1-10-4-5-14-11(7-10)3-2-6-19(14)15-13(17)8-12(16)9-18-15/h4-5,7-9H,2-3,6,17H2,1H3. The number of rotatable bonds is 1. The van der Waals surface area contributed by atoms with E-state index in [4.69, 9.17) is 17.3 Å². The molecule has 0 atom stereocenters. The van der Waals surface area contributed by atoms with E-state index in [1.165, 1.54) is 16.8 Å². The Kier molecular flexibility index (Phi) is 3.07. The molecule has 0 amide bonds. The number of aromatic nitrogens is 1. The zero-order chi connectivity index (χ0) is 13.4. The highest BCUT2D eigenvalue weighted by Gasteiger charge is 2.20. The summed E-state index contributed by atoms with van der Waals surface area (Å²) in [6.07, 6.45) is 3.87. The number of anilines is 3. The maximum absolute atomic E-state index is 6.05. The summed E-state index contributed by atoms with van der Waals surface area (Å²) in [6, 6.07) is 8.28. The molecule has 3 rings (SSSR count). The van der Waals surface area contributed by atoms with Crippen LogP contribution in [-0.4, -0.2) is 11.5 Å². The van der Waals surface area contributed by atoms with Crippen molar-refractivity contribution < 1.29 is 0 Å². The second kappa shape index (κ2) is 4.74. The van der Waals surface area contributed by atoms with Gasteiger partial charge in [0, 0.05) is 18.4 Å². The highest BCUT2D eigenvalue weighted by Crippen LogP contribution is 2.36. The molecule has 0 fully saturated rings.